The molecule has 184 valence electrons. The van der Waals surface area contributed by atoms with Gasteiger partial charge in [0, 0.05) is 18.7 Å². The van der Waals surface area contributed by atoms with Gasteiger partial charge in [-0.2, -0.15) is 0 Å². The maximum Gasteiger partial charge on any atom is 0.262 e. The lowest BCUT2D eigenvalue weighted by Gasteiger charge is -2.15. The quantitative estimate of drug-likeness (QED) is 0.468. The fraction of sp³-hybridized carbons (Fsp3) is 0.321. The van der Waals surface area contributed by atoms with Crippen LogP contribution in [0, 0.1) is 20.8 Å². The van der Waals surface area contributed by atoms with Crippen LogP contribution in [0.2, 0.25) is 0 Å². The van der Waals surface area contributed by atoms with Gasteiger partial charge < -0.3 is 5.32 Å². The van der Waals surface area contributed by atoms with E-state index in [1.807, 2.05) is 38.1 Å². The van der Waals surface area contributed by atoms with E-state index in [1.165, 1.54) is 24.5 Å². The molecule has 0 aliphatic carbocycles. The van der Waals surface area contributed by atoms with Gasteiger partial charge in [-0.1, -0.05) is 48.0 Å². The van der Waals surface area contributed by atoms with Gasteiger partial charge in [-0.25, -0.2) is 8.42 Å². The molecule has 0 radical (unpaired) electrons. The molecule has 7 heteroatoms. The maximum atomic E-state index is 13.1. The van der Waals surface area contributed by atoms with E-state index in [4.69, 9.17) is 0 Å². The second-order valence-corrected chi connectivity index (χ2v) is 11.0. The number of likely N-dealkylation sites (tertiary alicyclic amines) is 1. The summed E-state index contributed by atoms with van der Waals surface area (Å²) in [6.07, 6.45) is 2.51. The van der Waals surface area contributed by atoms with Crippen LogP contribution in [0.25, 0.3) is 0 Å². The lowest BCUT2D eigenvalue weighted by atomic mass is 10.1. The highest BCUT2D eigenvalue weighted by molar-refractivity contribution is 7.92. The summed E-state index contributed by atoms with van der Waals surface area (Å²) in [6.45, 7) is 9.13. The average molecular weight is 492 g/mol. The molecule has 1 fully saturated rings. The fourth-order valence-electron chi connectivity index (χ4n) is 4.48. The summed E-state index contributed by atoms with van der Waals surface area (Å²) in [5.74, 6) is -0.307. The first-order valence-corrected chi connectivity index (χ1v) is 13.5. The minimum atomic E-state index is -3.85. The Morgan fingerprint density at radius 1 is 0.886 bits per heavy atom. The summed E-state index contributed by atoms with van der Waals surface area (Å²) in [7, 11) is -3.85. The molecule has 0 spiro atoms. The highest BCUT2D eigenvalue weighted by Gasteiger charge is 2.20. The van der Waals surface area contributed by atoms with Crippen LogP contribution < -0.4 is 10.0 Å². The van der Waals surface area contributed by atoms with E-state index in [2.05, 4.69) is 27.1 Å². The van der Waals surface area contributed by atoms with E-state index in [9.17, 15) is 13.2 Å². The third-order valence-electron chi connectivity index (χ3n) is 6.42. The molecule has 3 aromatic rings. The summed E-state index contributed by atoms with van der Waals surface area (Å²) in [4.78, 5) is 15.4. The number of anilines is 1. The molecule has 35 heavy (non-hydrogen) atoms. The zero-order valence-electron chi connectivity index (χ0n) is 20.6. The van der Waals surface area contributed by atoms with Gasteiger partial charge in [0.1, 0.15) is 0 Å². The first-order valence-electron chi connectivity index (χ1n) is 12.0. The molecule has 1 saturated heterocycles. The Kier molecular flexibility index (Phi) is 7.57. The zero-order chi connectivity index (χ0) is 25.0. The summed E-state index contributed by atoms with van der Waals surface area (Å²) in [5.41, 5.74) is 5.57. The van der Waals surface area contributed by atoms with Crippen LogP contribution in [-0.4, -0.2) is 32.3 Å². The van der Waals surface area contributed by atoms with Crippen molar-refractivity contribution in [2.24, 2.45) is 0 Å². The number of rotatable bonds is 8. The van der Waals surface area contributed by atoms with E-state index in [0.717, 1.165) is 36.3 Å². The van der Waals surface area contributed by atoms with Gasteiger partial charge in [0.15, 0.2) is 0 Å². The summed E-state index contributed by atoms with van der Waals surface area (Å²) in [5, 5.41) is 2.93. The van der Waals surface area contributed by atoms with Crippen LogP contribution in [0.3, 0.4) is 0 Å². The number of nitrogens with one attached hydrogen (secondary N) is 2. The first-order chi connectivity index (χ1) is 16.7. The van der Waals surface area contributed by atoms with E-state index < -0.39 is 10.0 Å². The SMILES string of the molecule is Cc1ccc(NS(=O)(=O)c2cc(C(=O)NCc3cccc(CN4CCCC4)c3)ccc2C)c(C)c1. The number of amides is 1. The monoisotopic (exact) mass is 491 g/mol. The molecule has 4 rings (SSSR count). The summed E-state index contributed by atoms with van der Waals surface area (Å²) < 4.78 is 29.0. The van der Waals surface area contributed by atoms with Crippen molar-refractivity contribution < 1.29 is 13.2 Å². The normalized spacial score (nSPS) is 14.1. The molecule has 1 heterocycles. The number of carbonyl (C=O) groups excluding carboxylic acids is 1. The molecule has 2 N–H and O–H groups in total. The largest absolute Gasteiger partial charge is 0.348 e. The third-order valence-corrected chi connectivity index (χ3v) is 7.92. The number of carbonyl (C=O) groups is 1. The maximum absolute atomic E-state index is 13.1. The van der Waals surface area contributed by atoms with Gasteiger partial charge in [0.05, 0.1) is 10.6 Å². The van der Waals surface area contributed by atoms with E-state index in [0.29, 0.717) is 23.4 Å². The van der Waals surface area contributed by atoms with Crippen molar-refractivity contribution in [3.05, 3.63) is 94.0 Å². The van der Waals surface area contributed by atoms with Gasteiger partial charge in [0.2, 0.25) is 0 Å². The predicted molar refractivity (Wildman–Crippen MR) is 140 cm³/mol. The number of sulfonamides is 1. The number of benzene rings is 3. The van der Waals surface area contributed by atoms with E-state index in [1.54, 1.807) is 25.1 Å². The smallest absolute Gasteiger partial charge is 0.262 e. The minimum absolute atomic E-state index is 0.0951. The Hall–Kier alpha value is -3.16. The molecule has 0 unspecified atom stereocenters. The predicted octanol–water partition coefficient (Wildman–Crippen LogP) is 4.94. The van der Waals surface area contributed by atoms with Gasteiger partial charge in [0.25, 0.3) is 15.9 Å². The number of hydrogen-bond acceptors (Lipinski definition) is 4. The Morgan fingerprint density at radius 2 is 1.63 bits per heavy atom. The number of aryl methyl sites for hydroxylation is 3. The van der Waals surface area contributed by atoms with Crippen molar-refractivity contribution in [3.8, 4) is 0 Å². The van der Waals surface area contributed by atoms with Gasteiger partial charge >= 0.3 is 0 Å². The molecule has 0 atom stereocenters. The minimum Gasteiger partial charge on any atom is -0.348 e. The average Bonchev–Trinajstić information content (AvgIpc) is 3.33. The Morgan fingerprint density at radius 3 is 2.37 bits per heavy atom. The van der Waals surface area contributed by atoms with E-state index >= 15 is 0 Å². The van der Waals surface area contributed by atoms with Crippen LogP contribution in [-0.2, 0) is 23.1 Å². The van der Waals surface area contributed by atoms with Crippen LogP contribution in [0.1, 0.15) is 51.0 Å². The zero-order valence-corrected chi connectivity index (χ0v) is 21.4. The van der Waals surface area contributed by atoms with Crippen LogP contribution in [0.5, 0.6) is 0 Å². The van der Waals surface area contributed by atoms with Crippen molar-refractivity contribution in [2.45, 2.75) is 51.6 Å². The number of hydrogen-bond donors (Lipinski definition) is 2. The second-order valence-electron chi connectivity index (χ2n) is 9.39. The topological polar surface area (TPSA) is 78.5 Å². The lowest BCUT2D eigenvalue weighted by molar-refractivity contribution is 0.0950. The standard InChI is InChI=1S/C28H33N3O3S/c1-20-9-12-26(22(3)15-20)30-35(33,34)27-17-25(11-10-21(27)2)28(32)29-18-23-7-6-8-24(16-23)19-31-13-4-5-14-31/h6-12,15-17,30H,4-5,13-14,18-19H2,1-3H3,(H,29,32). The first kappa shape index (κ1) is 24.9. The van der Waals surface area contributed by atoms with Crippen LogP contribution in [0.4, 0.5) is 5.69 Å². The van der Waals surface area contributed by atoms with E-state index in [-0.39, 0.29) is 10.8 Å². The van der Waals surface area contributed by atoms with Crippen molar-refractivity contribution in [2.75, 3.05) is 17.8 Å². The second kappa shape index (κ2) is 10.6. The molecule has 1 amide bonds. The molecular formula is C28H33N3O3S. The van der Waals surface area contributed by atoms with Gasteiger partial charge in [-0.15, -0.1) is 0 Å². The molecule has 1 aliphatic rings. The van der Waals surface area contributed by atoms with Gasteiger partial charge in [-0.3, -0.25) is 14.4 Å². The van der Waals surface area contributed by atoms with Crippen molar-refractivity contribution in [1.29, 1.82) is 0 Å². The summed E-state index contributed by atoms with van der Waals surface area (Å²) in [6, 6.07) is 18.6. The van der Waals surface area contributed by atoms with Crippen molar-refractivity contribution in [1.82, 2.24) is 10.2 Å². The third kappa shape index (κ3) is 6.29. The van der Waals surface area contributed by atoms with Crippen LogP contribution >= 0.6 is 0 Å². The number of nitrogens with zero attached hydrogens (tertiary/aromatic N) is 1. The molecule has 0 aromatic heterocycles. The molecular weight excluding hydrogens is 458 g/mol. The molecule has 1 aliphatic heterocycles. The molecule has 0 bridgehead atoms. The highest BCUT2D eigenvalue weighted by atomic mass is 32.2. The van der Waals surface area contributed by atoms with Crippen LogP contribution in [0.15, 0.2) is 65.6 Å². The lowest BCUT2D eigenvalue weighted by Crippen LogP contribution is -2.24. The highest BCUT2D eigenvalue weighted by Crippen LogP contribution is 2.24. The van der Waals surface area contributed by atoms with Crippen molar-refractivity contribution in [3.63, 3.8) is 0 Å². The molecule has 3 aromatic carbocycles. The summed E-state index contributed by atoms with van der Waals surface area (Å²) >= 11 is 0. The molecule has 6 nitrogen and oxygen atoms in total. The van der Waals surface area contributed by atoms with Crippen molar-refractivity contribution >= 4 is 21.6 Å². The molecule has 0 saturated carbocycles. The Balaban J connectivity index is 1.45. The Labute approximate surface area is 208 Å². The van der Waals surface area contributed by atoms with Gasteiger partial charge in [-0.05, 0) is 87.2 Å². The Bertz CT molecular complexity index is 1330. The fourth-order valence-corrected chi connectivity index (χ4v) is 5.88.